The second-order valence-corrected chi connectivity index (χ2v) is 16.3. The minimum Gasteiger partial charge on any atom is -0.489 e. The summed E-state index contributed by atoms with van der Waals surface area (Å²) < 4.78 is 40.0. The molecule has 63 heavy (non-hydrogen) atoms. The van der Waals surface area contributed by atoms with Crippen molar-refractivity contribution in [3.05, 3.63) is 154 Å². The van der Waals surface area contributed by atoms with Crippen molar-refractivity contribution in [1.82, 2.24) is 0 Å². The minimum absolute atomic E-state index is 0.00946. The molecule has 6 aromatic rings. The molecule has 1 aliphatic carbocycles. The van der Waals surface area contributed by atoms with Crippen molar-refractivity contribution in [2.45, 2.75) is 32.8 Å². The van der Waals surface area contributed by atoms with Crippen LogP contribution in [0.3, 0.4) is 0 Å². The number of aliphatic hydroxyl groups excluding tert-OH is 1. The lowest BCUT2D eigenvalue weighted by molar-refractivity contribution is 0.00444. The number of aliphatic hydroxyl groups is 1. The first-order chi connectivity index (χ1) is 30.8. The summed E-state index contributed by atoms with van der Waals surface area (Å²) in [5.74, 6) is 0.798. The zero-order chi connectivity index (χ0) is 44.2. The molecule has 332 valence electrons. The molecule has 1 N–H and O–H groups in total. The van der Waals surface area contributed by atoms with E-state index < -0.39 is 5.41 Å². The summed E-state index contributed by atoms with van der Waals surface area (Å²) in [5.41, 5.74) is 14.8. The van der Waals surface area contributed by atoms with E-state index in [9.17, 15) is 0 Å². The quantitative estimate of drug-likeness (QED) is 0.0598. The fourth-order valence-corrected chi connectivity index (χ4v) is 8.77. The Bertz CT molecular complexity index is 2450. The predicted octanol–water partition coefficient (Wildman–Crippen LogP) is 9.46. The van der Waals surface area contributed by atoms with Crippen LogP contribution in [0.4, 0.5) is 5.69 Å². The van der Waals surface area contributed by atoms with Crippen molar-refractivity contribution < 1.29 is 38.3 Å². The molecular formula is C54H63NO8. The van der Waals surface area contributed by atoms with E-state index in [1.807, 2.05) is 0 Å². The standard InChI is InChI=1S/C54H63NO8/c1-38-11-17-48-49-19-14-41(46-18-12-39(2)45-9-7-8-10-47(45)46)35-51(49)54(50(48)33-38,43-15-13-42(40(3)34-43)37-62-30-29-60-26-25-58-22-21-56)44-16-20-53(52(36-44)55(4)5)63-32-31-61-28-27-59-24-23-57-6/h7-20,33-36,56H,21-32,37H2,1-6H3. The third-order valence-electron chi connectivity index (χ3n) is 11.9. The van der Waals surface area contributed by atoms with E-state index in [2.05, 4.69) is 149 Å². The van der Waals surface area contributed by atoms with Gasteiger partial charge in [-0.15, -0.1) is 0 Å². The van der Waals surface area contributed by atoms with Gasteiger partial charge < -0.3 is 43.2 Å². The van der Waals surface area contributed by atoms with Gasteiger partial charge in [-0.25, -0.2) is 0 Å². The maximum absolute atomic E-state index is 8.92. The molecule has 0 amide bonds. The SMILES string of the molecule is COCCOCCOCCOc1ccc(C2(c3ccc(COCCOCCOCCO)c(C)c3)c3cc(C)ccc3-c3ccc(-c4ccc(C)c5ccccc45)cc32)cc1N(C)C. The van der Waals surface area contributed by atoms with Crippen molar-refractivity contribution >= 4 is 16.5 Å². The molecule has 9 nitrogen and oxygen atoms in total. The summed E-state index contributed by atoms with van der Waals surface area (Å²) in [7, 11) is 5.81. The molecule has 0 saturated carbocycles. The maximum atomic E-state index is 8.92. The number of hydrogen-bond acceptors (Lipinski definition) is 9. The molecule has 0 heterocycles. The molecule has 0 aliphatic heterocycles. The second kappa shape index (κ2) is 22.0. The predicted molar refractivity (Wildman–Crippen MR) is 253 cm³/mol. The highest BCUT2D eigenvalue weighted by molar-refractivity contribution is 5.99. The van der Waals surface area contributed by atoms with Crippen molar-refractivity contribution in [1.29, 1.82) is 0 Å². The van der Waals surface area contributed by atoms with Gasteiger partial charge in [-0.2, -0.15) is 0 Å². The van der Waals surface area contributed by atoms with Crippen LogP contribution in [-0.2, 0) is 40.4 Å². The molecule has 0 bridgehead atoms. The van der Waals surface area contributed by atoms with E-state index in [4.69, 9.17) is 38.3 Å². The first-order valence-corrected chi connectivity index (χ1v) is 22.1. The summed E-state index contributed by atoms with van der Waals surface area (Å²) in [6, 6.07) is 40.8. The van der Waals surface area contributed by atoms with Crippen LogP contribution in [0.1, 0.15) is 44.5 Å². The van der Waals surface area contributed by atoms with Crippen LogP contribution in [0, 0.1) is 20.8 Å². The molecule has 0 fully saturated rings. The van der Waals surface area contributed by atoms with E-state index >= 15 is 0 Å². The largest absolute Gasteiger partial charge is 0.489 e. The molecule has 0 aromatic heterocycles. The minimum atomic E-state index is -0.668. The van der Waals surface area contributed by atoms with Gasteiger partial charge in [0, 0.05) is 21.2 Å². The normalized spacial score (nSPS) is 14.3. The number of aryl methyl sites for hydroxylation is 3. The van der Waals surface area contributed by atoms with Gasteiger partial charge >= 0.3 is 0 Å². The van der Waals surface area contributed by atoms with Gasteiger partial charge in [0.15, 0.2) is 0 Å². The van der Waals surface area contributed by atoms with Gasteiger partial charge in [0.05, 0.1) is 90.4 Å². The van der Waals surface area contributed by atoms with Gasteiger partial charge in [0.2, 0.25) is 0 Å². The molecule has 7 rings (SSSR count). The molecular weight excluding hydrogens is 791 g/mol. The Morgan fingerprint density at radius 1 is 0.524 bits per heavy atom. The average molecular weight is 854 g/mol. The van der Waals surface area contributed by atoms with E-state index in [1.54, 1.807) is 7.11 Å². The van der Waals surface area contributed by atoms with Crippen molar-refractivity contribution in [3.63, 3.8) is 0 Å². The maximum Gasteiger partial charge on any atom is 0.142 e. The Kier molecular flexibility index (Phi) is 16.0. The Balaban J connectivity index is 1.29. The van der Waals surface area contributed by atoms with Crippen LogP contribution < -0.4 is 9.64 Å². The van der Waals surface area contributed by atoms with E-state index in [1.165, 1.54) is 60.8 Å². The first-order valence-electron chi connectivity index (χ1n) is 22.1. The van der Waals surface area contributed by atoms with Crippen molar-refractivity contribution in [2.24, 2.45) is 0 Å². The van der Waals surface area contributed by atoms with Gasteiger partial charge in [-0.1, -0.05) is 96.6 Å². The molecule has 1 atom stereocenters. The topological polar surface area (TPSA) is 88.1 Å². The summed E-state index contributed by atoms with van der Waals surface area (Å²) in [5, 5.41) is 11.4. The molecule has 0 spiro atoms. The fourth-order valence-electron chi connectivity index (χ4n) is 8.77. The van der Waals surface area contributed by atoms with Crippen molar-refractivity contribution in [2.75, 3.05) is 105 Å². The Morgan fingerprint density at radius 3 is 1.83 bits per heavy atom. The molecule has 0 radical (unpaired) electrons. The van der Waals surface area contributed by atoms with Crippen LogP contribution in [0.2, 0.25) is 0 Å². The average Bonchev–Trinajstić information content (AvgIpc) is 3.57. The number of methoxy groups -OCH3 is 1. The zero-order valence-corrected chi connectivity index (χ0v) is 37.8. The smallest absolute Gasteiger partial charge is 0.142 e. The number of ether oxygens (including phenoxy) is 7. The van der Waals surface area contributed by atoms with Gasteiger partial charge in [-0.05, 0) is 111 Å². The highest BCUT2D eigenvalue weighted by Crippen LogP contribution is 2.58. The lowest BCUT2D eigenvalue weighted by Gasteiger charge is -2.36. The van der Waals surface area contributed by atoms with Crippen LogP contribution in [0.5, 0.6) is 5.75 Å². The summed E-state index contributed by atoms with van der Waals surface area (Å²) >= 11 is 0. The fraction of sp³-hybridized carbons (Fsp3) is 0.370. The van der Waals surface area contributed by atoms with Gasteiger partial charge in [0.25, 0.3) is 0 Å². The lowest BCUT2D eigenvalue weighted by atomic mass is 9.66. The molecule has 1 aliphatic rings. The summed E-state index contributed by atoms with van der Waals surface area (Å²) in [6.45, 7) is 12.2. The highest BCUT2D eigenvalue weighted by Gasteiger charge is 2.47. The number of nitrogens with zero attached hydrogens (tertiary/aromatic N) is 1. The molecule has 6 aromatic carbocycles. The van der Waals surface area contributed by atoms with Crippen LogP contribution in [-0.4, -0.2) is 106 Å². The second-order valence-electron chi connectivity index (χ2n) is 16.3. The third-order valence-corrected chi connectivity index (χ3v) is 11.9. The number of hydrogen-bond donors (Lipinski definition) is 1. The van der Waals surface area contributed by atoms with Crippen LogP contribution in [0.25, 0.3) is 33.0 Å². The zero-order valence-electron chi connectivity index (χ0n) is 37.8. The Labute approximate surface area is 373 Å². The summed E-state index contributed by atoms with van der Waals surface area (Å²) in [4.78, 5) is 2.14. The van der Waals surface area contributed by atoms with Crippen LogP contribution >= 0.6 is 0 Å². The van der Waals surface area contributed by atoms with E-state index in [-0.39, 0.29) is 6.61 Å². The van der Waals surface area contributed by atoms with Gasteiger partial charge in [-0.3, -0.25) is 0 Å². The van der Waals surface area contributed by atoms with E-state index in [0.717, 1.165) is 28.1 Å². The molecule has 9 heteroatoms. The lowest BCUT2D eigenvalue weighted by Crippen LogP contribution is -2.29. The summed E-state index contributed by atoms with van der Waals surface area (Å²) in [6.07, 6.45) is 0. The van der Waals surface area contributed by atoms with Crippen LogP contribution in [0.15, 0.2) is 109 Å². The monoisotopic (exact) mass is 853 g/mol. The Hall–Kier alpha value is -5.10. The van der Waals surface area contributed by atoms with Gasteiger partial charge in [0.1, 0.15) is 12.4 Å². The number of benzene rings is 6. The number of anilines is 1. The Morgan fingerprint density at radius 2 is 1.13 bits per heavy atom. The number of fused-ring (bicyclic) bond motifs is 4. The number of rotatable bonds is 24. The van der Waals surface area contributed by atoms with Crippen molar-refractivity contribution in [3.8, 4) is 28.0 Å². The third kappa shape index (κ3) is 10.3. The first kappa shape index (κ1) is 45.9. The van der Waals surface area contributed by atoms with E-state index in [0.29, 0.717) is 79.3 Å². The highest BCUT2D eigenvalue weighted by atomic mass is 16.6. The molecule has 0 saturated heterocycles. The molecule has 1 unspecified atom stereocenters.